The highest BCUT2D eigenvalue weighted by molar-refractivity contribution is 7.92. The summed E-state index contributed by atoms with van der Waals surface area (Å²) < 4.78 is 34.4. The molecule has 0 atom stereocenters. The number of amides is 1. The third kappa shape index (κ3) is 5.92. The summed E-state index contributed by atoms with van der Waals surface area (Å²) in [5, 5.41) is 0.968. The van der Waals surface area contributed by atoms with E-state index in [4.69, 9.17) is 32.9 Å². The first-order chi connectivity index (χ1) is 21.1. The highest BCUT2D eigenvalue weighted by Crippen LogP contribution is 2.32. The molecular weight excluding hydrogens is 623 g/mol. The van der Waals surface area contributed by atoms with Gasteiger partial charge < -0.3 is 9.30 Å². The number of anilines is 1. The quantitative estimate of drug-likeness (QED) is 0.215. The van der Waals surface area contributed by atoms with Crippen molar-refractivity contribution in [3.8, 4) is 28.1 Å². The van der Waals surface area contributed by atoms with Gasteiger partial charge in [0.25, 0.3) is 5.91 Å². The number of rotatable bonds is 7. The molecule has 1 saturated heterocycles. The van der Waals surface area contributed by atoms with Crippen LogP contribution in [-0.4, -0.2) is 43.5 Å². The molecule has 0 spiro atoms. The second-order valence-corrected chi connectivity index (χ2v) is 12.5. The Morgan fingerprint density at radius 3 is 2.32 bits per heavy atom. The van der Waals surface area contributed by atoms with Gasteiger partial charge in [-0.15, -0.1) is 0 Å². The van der Waals surface area contributed by atoms with Crippen molar-refractivity contribution < 1.29 is 22.7 Å². The van der Waals surface area contributed by atoms with Gasteiger partial charge in [0.05, 0.1) is 29.1 Å². The van der Waals surface area contributed by atoms with Gasteiger partial charge in [0.2, 0.25) is 0 Å². The van der Waals surface area contributed by atoms with Crippen LogP contribution in [0.15, 0.2) is 97.2 Å². The summed E-state index contributed by atoms with van der Waals surface area (Å²) >= 11 is 12.6. The summed E-state index contributed by atoms with van der Waals surface area (Å²) in [6.45, 7) is -0.278. The van der Waals surface area contributed by atoms with Gasteiger partial charge in [0, 0.05) is 28.9 Å². The van der Waals surface area contributed by atoms with Crippen molar-refractivity contribution in [1.29, 1.82) is 0 Å². The number of hydrogen-bond donors (Lipinski definition) is 1. The number of aromatic nitrogens is 2. The van der Waals surface area contributed by atoms with Gasteiger partial charge in [-0.2, -0.15) is 8.42 Å². The highest BCUT2D eigenvalue weighted by Gasteiger charge is 2.33. The molecule has 1 aromatic heterocycles. The zero-order valence-corrected chi connectivity index (χ0v) is 25.5. The Kier molecular flexibility index (Phi) is 7.89. The lowest BCUT2D eigenvalue weighted by molar-refractivity contribution is -0.117. The molecule has 0 radical (unpaired) electrons. The number of carbonyl (C=O) groups is 2. The number of nitrogens with zero attached hydrogens (tertiary/aromatic N) is 3. The number of esters is 1. The van der Waals surface area contributed by atoms with Crippen molar-refractivity contribution in [2.24, 2.45) is 0 Å². The smallest absolute Gasteiger partial charge is 0.337 e. The standard InChI is InChI=1S/C32H24Cl2N4O5S/c1-43-32(40)23-4-2-3-22(16-23)21-7-5-20(6-8-21)15-30-35-29(27-14-9-24(33)17-28(27)34)18-37(30)25-10-12-26(13-11-25)38-19-31(39)36-44(38,41)42/h2-14,16-18H,15,19H2,1H3,(H,36,39). The Morgan fingerprint density at radius 2 is 1.66 bits per heavy atom. The fraction of sp³-hybridized carbons (Fsp3) is 0.0938. The van der Waals surface area contributed by atoms with Gasteiger partial charge >= 0.3 is 16.2 Å². The lowest BCUT2D eigenvalue weighted by atomic mass is 10.0. The minimum Gasteiger partial charge on any atom is -0.465 e. The van der Waals surface area contributed by atoms with E-state index in [1.54, 1.807) is 48.5 Å². The summed E-state index contributed by atoms with van der Waals surface area (Å²) in [6.07, 6.45) is 2.33. The fourth-order valence-corrected chi connectivity index (χ4v) is 6.65. The molecule has 0 aliphatic carbocycles. The Balaban J connectivity index is 1.34. The molecule has 5 aromatic rings. The summed E-state index contributed by atoms with van der Waals surface area (Å²) in [4.78, 5) is 28.6. The summed E-state index contributed by atoms with van der Waals surface area (Å²) in [5.41, 5.74) is 5.74. The van der Waals surface area contributed by atoms with E-state index in [-0.39, 0.29) is 6.54 Å². The molecule has 2 heterocycles. The molecule has 1 fully saturated rings. The van der Waals surface area contributed by atoms with Crippen LogP contribution >= 0.6 is 23.2 Å². The maximum Gasteiger partial charge on any atom is 0.337 e. The molecule has 6 rings (SSSR count). The molecule has 222 valence electrons. The summed E-state index contributed by atoms with van der Waals surface area (Å²) in [6, 6.07) is 27.2. The first-order valence-electron chi connectivity index (χ1n) is 13.4. The Morgan fingerprint density at radius 1 is 0.932 bits per heavy atom. The lowest BCUT2D eigenvalue weighted by Gasteiger charge is -2.15. The minimum absolute atomic E-state index is 0.278. The van der Waals surface area contributed by atoms with E-state index < -0.39 is 22.1 Å². The SMILES string of the molecule is COC(=O)c1cccc(-c2ccc(Cc3nc(-c4ccc(Cl)cc4Cl)cn3-c3ccc(N4CC(=O)NS4(=O)=O)cc3)cc2)c1. The van der Waals surface area contributed by atoms with E-state index in [1.807, 2.05) is 58.0 Å². The number of hydrogen-bond acceptors (Lipinski definition) is 6. The number of nitrogens with one attached hydrogen (secondary N) is 1. The molecule has 0 bridgehead atoms. The number of imidazole rings is 1. The average molecular weight is 648 g/mol. The van der Waals surface area contributed by atoms with Gasteiger partial charge in [-0.3, -0.25) is 4.79 Å². The van der Waals surface area contributed by atoms with E-state index in [1.165, 1.54) is 7.11 Å². The second-order valence-electron chi connectivity index (χ2n) is 10.0. The van der Waals surface area contributed by atoms with E-state index in [2.05, 4.69) is 0 Å². The molecule has 0 unspecified atom stereocenters. The van der Waals surface area contributed by atoms with Gasteiger partial charge in [0.15, 0.2) is 0 Å². The predicted molar refractivity (Wildman–Crippen MR) is 169 cm³/mol. The summed E-state index contributed by atoms with van der Waals surface area (Å²) in [5.74, 6) is -0.269. The lowest BCUT2D eigenvalue weighted by Crippen LogP contribution is -2.29. The van der Waals surface area contributed by atoms with Crippen LogP contribution in [0.2, 0.25) is 10.0 Å². The zero-order chi connectivity index (χ0) is 31.0. The van der Waals surface area contributed by atoms with Crippen LogP contribution < -0.4 is 9.03 Å². The van der Waals surface area contributed by atoms with Crippen molar-refractivity contribution in [2.45, 2.75) is 6.42 Å². The zero-order valence-electron chi connectivity index (χ0n) is 23.2. The molecular formula is C32H24Cl2N4O5S. The van der Waals surface area contributed by atoms with Gasteiger partial charge in [-0.1, -0.05) is 59.6 Å². The predicted octanol–water partition coefficient (Wildman–Crippen LogP) is 6.07. The fourth-order valence-electron chi connectivity index (χ4n) is 4.99. The van der Waals surface area contributed by atoms with Crippen LogP contribution in [0.5, 0.6) is 0 Å². The van der Waals surface area contributed by atoms with Gasteiger partial charge in [0.1, 0.15) is 12.4 Å². The Hall–Kier alpha value is -4.64. The average Bonchev–Trinajstić information content (AvgIpc) is 3.55. The first kappa shape index (κ1) is 29.4. The van der Waals surface area contributed by atoms with Crippen LogP contribution in [0.3, 0.4) is 0 Å². The third-order valence-electron chi connectivity index (χ3n) is 7.16. The molecule has 1 amide bonds. The highest BCUT2D eigenvalue weighted by atomic mass is 35.5. The molecule has 1 aliphatic rings. The van der Waals surface area contributed by atoms with E-state index in [0.717, 1.165) is 26.7 Å². The topological polar surface area (TPSA) is 111 Å². The molecule has 1 N–H and O–H groups in total. The summed E-state index contributed by atoms with van der Waals surface area (Å²) in [7, 11) is -2.57. The number of ether oxygens (including phenoxy) is 1. The molecule has 4 aromatic carbocycles. The van der Waals surface area contributed by atoms with Gasteiger partial charge in [-0.25, -0.2) is 18.8 Å². The van der Waals surface area contributed by atoms with E-state index >= 15 is 0 Å². The first-order valence-corrected chi connectivity index (χ1v) is 15.6. The van der Waals surface area contributed by atoms with Crippen LogP contribution in [0.4, 0.5) is 5.69 Å². The Bertz CT molecular complexity index is 2010. The van der Waals surface area contributed by atoms with Crippen LogP contribution in [-0.2, 0) is 26.2 Å². The van der Waals surface area contributed by atoms with E-state index in [9.17, 15) is 18.0 Å². The van der Waals surface area contributed by atoms with Crippen LogP contribution in [0.1, 0.15) is 21.7 Å². The van der Waals surface area contributed by atoms with Crippen molar-refractivity contribution in [1.82, 2.24) is 14.3 Å². The molecule has 1 aliphatic heterocycles. The molecule has 44 heavy (non-hydrogen) atoms. The maximum absolute atomic E-state index is 12.3. The third-order valence-corrected chi connectivity index (χ3v) is 9.11. The number of halogens is 2. The van der Waals surface area contributed by atoms with Crippen molar-refractivity contribution >= 4 is 51.0 Å². The largest absolute Gasteiger partial charge is 0.465 e. The van der Waals surface area contributed by atoms with E-state index in [0.29, 0.717) is 44.8 Å². The number of carbonyl (C=O) groups excluding carboxylic acids is 2. The van der Waals surface area contributed by atoms with Gasteiger partial charge in [-0.05, 0) is 71.3 Å². The number of benzene rings is 4. The van der Waals surface area contributed by atoms with Crippen molar-refractivity contribution in [3.05, 3.63) is 124 Å². The van der Waals surface area contributed by atoms with Crippen molar-refractivity contribution in [3.63, 3.8) is 0 Å². The number of methoxy groups -OCH3 is 1. The monoisotopic (exact) mass is 646 g/mol. The van der Waals surface area contributed by atoms with Crippen molar-refractivity contribution in [2.75, 3.05) is 18.0 Å². The Labute approximate surface area is 263 Å². The maximum atomic E-state index is 12.3. The molecule has 12 heteroatoms. The minimum atomic E-state index is -3.92. The second kappa shape index (κ2) is 11.8. The normalized spacial score (nSPS) is 14.0. The van der Waals surface area contributed by atoms with Crippen LogP contribution in [0, 0.1) is 0 Å². The van der Waals surface area contributed by atoms with Crippen LogP contribution in [0.25, 0.3) is 28.1 Å². The molecule has 9 nitrogen and oxygen atoms in total. The molecule has 0 saturated carbocycles.